The van der Waals surface area contributed by atoms with Gasteiger partial charge in [-0.1, -0.05) is 29.8 Å². The van der Waals surface area contributed by atoms with E-state index < -0.39 is 31.0 Å². The van der Waals surface area contributed by atoms with Gasteiger partial charge in [0, 0.05) is 31.4 Å². The highest BCUT2D eigenvalue weighted by molar-refractivity contribution is 6.34. The van der Waals surface area contributed by atoms with Crippen molar-refractivity contribution in [2.75, 3.05) is 31.5 Å². The van der Waals surface area contributed by atoms with Gasteiger partial charge in [0.2, 0.25) is 6.41 Å². The number of benzene rings is 1. The van der Waals surface area contributed by atoms with E-state index in [1.165, 1.54) is 12.1 Å². The number of rotatable bonds is 14. The third-order valence-corrected chi connectivity index (χ3v) is 7.06. The molecule has 3 N–H and O–H groups in total. The minimum absolute atomic E-state index is 0.00788. The van der Waals surface area contributed by atoms with Crippen LogP contribution in [0.2, 0.25) is 5.02 Å². The number of hydrogen-bond donors (Lipinski definition) is 3. The van der Waals surface area contributed by atoms with E-state index >= 15 is 0 Å². The van der Waals surface area contributed by atoms with E-state index in [1.807, 2.05) is 0 Å². The van der Waals surface area contributed by atoms with Crippen LogP contribution in [-0.2, 0) is 4.79 Å². The number of carbonyl (C=O) groups is 2. The van der Waals surface area contributed by atoms with Crippen molar-refractivity contribution >= 4 is 29.6 Å². The molecule has 1 aromatic rings. The summed E-state index contributed by atoms with van der Waals surface area (Å²) in [5.74, 6) is -2.21. The predicted molar refractivity (Wildman–Crippen MR) is 136 cm³/mol. The summed E-state index contributed by atoms with van der Waals surface area (Å²) in [6.07, 6.45) is 0.775. The quantitative estimate of drug-likeness (QED) is 0.166. The molecule has 1 aliphatic carbocycles. The first-order valence-electron chi connectivity index (χ1n) is 12.5. The highest BCUT2D eigenvalue weighted by Gasteiger charge is 2.42. The molecule has 0 aromatic heterocycles. The number of alkyl halides is 5. The monoisotopic (exact) mass is 562 g/mol. The molecule has 0 saturated carbocycles. The van der Waals surface area contributed by atoms with Crippen LogP contribution in [-0.4, -0.2) is 68.1 Å². The first-order valence-corrected chi connectivity index (χ1v) is 12.9. The molecule has 12 heteroatoms. The van der Waals surface area contributed by atoms with Gasteiger partial charge in [-0.15, -0.1) is 0 Å². The average Bonchev–Trinajstić information content (AvgIpc) is 2.84. The fourth-order valence-corrected chi connectivity index (χ4v) is 5.05. The van der Waals surface area contributed by atoms with E-state index in [2.05, 4.69) is 20.9 Å². The lowest BCUT2D eigenvalue weighted by molar-refractivity contribution is -0.166. The lowest BCUT2D eigenvalue weighted by atomic mass is 9.87. The van der Waals surface area contributed by atoms with Gasteiger partial charge in [0.25, 0.3) is 12.3 Å². The van der Waals surface area contributed by atoms with Crippen molar-refractivity contribution in [1.82, 2.24) is 15.5 Å². The van der Waals surface area contributed by atoms with Crippen molar-refractivity contribution < 1.29 is 31.5 Å². The van der Waals surface area contributed by atoms with Crippen LogP contribution in [0.1, 0.15) is 42.5 Å². The van der Waals surface area contributed by atoms with Crippen molar-refractivity contribution in [3.05, 3.63) is 52.6 Å². The summed E-state index contributed by atoms with van der Waals surface area (Å²) in [4.78, 5) is 24.8. The molecule has 0 radical (unpaired) electrons. The van der Waals surface area contributed by atoms with Crippen molar-refractivity contribution in [2.45, 2.75) is 56.8 Å². The number of nitrogens with one attached hydrogen (secondary N) is 3. The number of hydrogen-bond acceptors (Lipinski definition) is 4. The highest BCUT2D eigenvalue weighted by Crippen LogP contribution is 2.38. The Morgan fingerprint density at radius 1 is 1.16 bits per heavy atom. The molecule has 3 rings (SSSR count). The minimum atomic E-state index is -4.33. The van der Waals surface area contributed by atoms with Gasteiger partial charge in [0.1, 0.15) is 0 Å². The zero-order chi connectivity index (χ0) is 27.7. The molecule has 6 nitrogen and oxygen atoms in total. The van der Waals surface area contributed by atoms with Gasteiger partial charge in [-0.25, -0.2) is 8.78 Å². The van der Waals surface area contributed by atoms with Crippen molar-refractivity contribution in [3.8, 4) is 0 Å². The Labute approximate surface area is 223 Å². The van der Waals surface area contributed by atoms with Crippen LogP contribution >= 0.6 is 11.6 Å². The number of anilines is 1. The van der Waals surface area contributed by atoms with Crippen LogP contribution in [0.4, 0.5) is 27.6 Å². The Bertz CT molecular complexity index is 1010. The summed E-state index contributed by atoms with van der Waals surface area (Å²) in [7, 11) is 0. The molecule has 38 heavy (non-hydrogen) atoms. The molecular weight excluding hydrogens is 531 g/mol. The maximum absolute atomic E-state index is 13.8. The number of allylic oxidation sites excluding steroid dienone is 4. The second-order valence-electron chi connectivity index (χ2n) is 9.46. The van der Waals surface area contributed by atoms with Crippen LogP contribution in [0.5, 0.6) is 0 Å². The van der Waals surface area contributed by atoms with Crippen LogP contribution in [0, 0.1) is 5.92 Å². The van der Waals surface area contributed by atoms with Gasteiger partial charge in [-0.3, -0.25) is 14.5 Å². The van der Waals surface area contributed by atoms with Gasteiger partial charge < -0.3 is 16.0 Å². The summed E-state index contributed by atoms with van der Waals surface area (Å²) >= 11 is 6.17. The van der Waals surface area contributed by atoms with Gasteiger partial charge in [0.15, 0.2) is 0 Å². The standard InChI is InChI=1S/C26H32ClF5N4O2/c27-23-12-18(6-8-21(23)25(38)34-13-24(28)29)35-19-14-36(15-19)20(10-11-33-16-37)7-9-22(26(30,31)32)17-4-2-1-3-5-17/h2,4-6,8,12,16,19-20,22,24,35H,1,3,7,9-11,13-15H2,(H,33,37)(H,34,38). The predicted octanol–water partition coefficient (Wildman–Crippen LogP) is 5.17. The summed E-state index contributed by atoms with van der Waals surface area (Å²) < 4.78 is 66.1. The Morgan fingerprint density at radius 2 is 1.92 bits per heavy atom. The van der Waals surface area contributed by atoms with Crippen molar-refractivity contribution in [3.63, 3.8) is 0 Å². The summed E-state index contributed by atoms with van der Waals surface area (Å²) in [5, 5.41) is 8.09. The molecule has 2 unspecified atom stereocenters. The average molecular weight is 563 g/mol. The number of carbonyl (C=O) groups excluding carboxylic acids is 2. The molecule has 1 aliphatic heterocycles. The Balaban J connectivity index is 1.57. The normalized spacial score (nSPS) is 17.9. The molecule has 1 fully saturated rings. The number of likely N-dealkylation sites (tertiary alicyclic amines) is 1. The fraction of sp³-hybridized carbons (Fsp3) is 0.538. The van der Waals surface area contributed by atoms with Gasteiger partial charge >= 0.3 is 6.18 Å². The molecule has 0 spiro atoms. The number of amides is 2. The fourth-order valence-electron chi connectivity index (χ4n) is 4.78. The zero-order valence-corrected chi connectivity index (χ0v) is 21.5. The van der Waals surface area contributed by atoms with E-state index in [1.54, 1.807) is 24.3 Å². The summed E-state index contributed by atoms with van der Waals surface area (Å²) in [5.41, 5.74) is 1.04. The number of nitrogens with zero attached hydrogens (tertiary/aromatic N) is 1. The smallest absolute Gasteiger partial charge is 0.380 e. The maximum Gasteiger partial charge on any atom is 0.395 e. The number of halogens is 6. The molecule has 2 atom stereocenters. The van der Waals surface area contributed by atoms with E-state index in [9.17, 15) is 31.5 Å². The molecule has 0 bridgehead atoms. The first-order chi connectivity index (χ1) is 18.1. The Morgan fingerprint density at radius 3 is 2.53 bits per heavy atom. The minimum Gasteiger partial charge on any atom is -0.380 e. The van der Waals surface area contributed by atoms with Crippen LogP contribution in [0.15, 0.2) is 42.0 Å². The van der Waals surface area contributed by atoms with Crippen LogP contribution in [0.25, 0.3) is 0 Å². The molecule has 1 heterocycles. The SMILES string of the molecule is O=CNCCC(CCC(C1=CCCC=C1)C(F)(F)F)N1CC(Nc2ccc(C(=O)NCC(F)F)c(Cl)c2)C1. The zero-order valence-electron chi connectivity index (χ0n) is 20.7. The van der Waals surface area contributed by atoms with Gasteiger partial charge in [-0.05, 0) is 55.9 Å². The van der Waals surface area contributed by atoms with Crippen LogP contribution in [0.3, 0.4) is 0 Å². The van der Waals surface area contributed by atoms with Gasteiger partial charge in [0.05, 0.1) is 29.1 Å². The third-order valence-electron chi connectivity index (χ3n) is 6.74. The van der Waals surface area contributed by atoms with Crippen LogP contribution < -0.4 is 16.0 Å². The topological polar surface area (TPSA) is 73.5 Å². The van der Waals surface area contributed by atoms with Gasteiger partial charge in [-0.2, -0.15) is 13.2 Å². The molecule has 2 amide bonds. The second kappa shape index (κ2) is 13.9. The largest absolute Gasteiger partial charge is 0.395 e. The van der Waals surface area contributed by atoms with E-state index in [0.717, 1.165) is 6.42 Å². The first kappa shape index (κ1) is 29.9. The highest BCUT2D eigenvalue weighted by atomic mass is 35.5. The lowest BCUT2D eigenvalue weighted by Crippen LogP contribution is -2.59. The Kier molecular flexibility index (Phi) is 11.0. The summed E-state index contributed by atoms with van der Waals surface area (Å²) in [6, 6.07) is 4.47. The third kappa shape index (κ3) is 8.69. The summed E-state index contributed by atoms with van der Waals surface area (Å²) in [6.45, 7) is 0.764. The van der Waals surface area contributed by atoms with E-state index in [-0.39, 0.29) is 29.1 Å². The maximum atomic E-state index is 13.8. The Hall–Kier alpha value is -2.66. The van der Waals surface area contributed by atoms with Crippen molar-refractivity contribution in [2.24, 2.45) is 5.92 Å². The molecule has 1 saturated heterocycles. The molecule has 2 aliphatic rings. The second-order valence-corrected chi connectivity index (χ2v) is 9.87. The van der Waals surface area contributed by atoms with E-state index in [4.69, 9.17) is 11.6 Å². The molecule has 210 valence electrons. The lowest BCUT2D eigenvalue weighted by Gasteiger charge is -2.45. The molecule has 1 aromatic carbocycles. The van der Waals surface area contributed by atoms with Crippen molar-refractivity contribution in [1.29, 1.82) is 0 Å². The van der Waals surface area contributed by atoms with E-state index in [0.29, 0.717) is 56.6 Å². The molecular formula is C26H32ClF5N4O2.